The first-order chi connectivity index (χ1) is 16.4. The molecule has 8 heteroatoms. The van der Waals surface area contributed by atoms with Gasteiger partial charge in [0.25, 0.3) is 5.91 Å². The highest BCUT2D eigenvalue weighted by Gasteiger charge is 2.27. The lowest BCUT2D eigenvalue weighted by Crippen LogP contribution is -2.32. The Bertz CT molecular complexity index is 1350. The van der Waals surface area contributed by atoms with Crippen molar-refractivity contribution in [1.29, 1.82) is 0 Å². The standard InChI is InChI=1S/C26H21ClFNO5/c1-3-20(33-17-11-9-16(28)10-12-17)26(31)29-23-18-6-4-5-7-21(18)34-25(23)24(30)15-8-13-22(32-2)19(27)14-15/h4-14,20H,3H2,1-2H3,(H,29,31). The molecule has 1 heterocycles. The van der Waals surface area contributed by atoms with Crippen molar-refractivity contribution in [2.45, 2.75) is 19.4 Å². The van der Waals surface area contributed by atoms with Crippen LogP contribution in [0, 0.1) is 5.82 Å². The Labute approximate surface area is 200 Å². The van der Waals surface area contributed by atoms with Crippen molar-refractivity contribution >= 4 is 39.9 Å². The molecule has 0 aliphatic carbocycles. The van der Waals surface area contributed by atoms with Crippen LogP contribution in [0.25, 0.3) is 11.0 Å². The molecule has 4 aromatic rings. The zero-order valence-electron chi connectivity index (χ0n) is 18.4. The third-order valence-electron chi connectivity index (χ3n) is 5.22. The lowest BCUT2D eigenvalue weighted by molar-refractivity contribution is -0.122. The summed E-state index contributed by atoms with van der Waals surface area (Å²) in [5.41, 5.74) is 0.946. The van der Waals surface area contributed by atoms with Crippen LogP contribution in [0.15, 0.2) is 71.1 Å². The third kappa shape index (κ3) is 4.75. The molecular formula is C26H21ClFNO5. The molecule has 0 fully saturated rings. The number of nitrogens with one attached hydrogen (secondary N) is 1. The Balaban J connectivity index is 1.67. The molecule has 174 valence electrons. The summed E-state index contributed by atoms with van der Waals surface area (Å²) in [6.07, 6.45) is -0.534. The first kappa shape index (κ1) is 23.3. The second-order valence-electron chi connectivity index (χ2n) is 7.44. The normalized spacial score (nSPS) is 11.8. The van der Waals surface area contributed by atoms with Crippen molar-refractivity contribution < 1.29 is 27.9 Å². The number of furan rings is 1. The fraction of sp³-hybridized carbons (Fsp3) is 0.154. The molecule has 34 heavy (non-hydrogen) atoms. The molecule has 0 saturated heterocycles. The van der Waals surface area contributed by atoms with Gasteiger partial charge >= 0.3 is 0 Å². The zero-order chi connectivity index (χ0) is 24.2. The van der Waals surface area contributed by atoms with Crippen LogP contribution < -0.4 is 14.8 Å². The van der Waals surface area contributed by atoms with Gasteiger partial charge in [-0.2, -0.15) is 0 Å². The number of benzene rings is 3. The maximum absolute atomic E-state index is 13.3. The molecule has 0 bridgehead atoms. The Morgan fingerprint density at radius 1 is 1.09 bits per heavy atom. The smallest absolute Gasteiger partial charge is 0.265 e. The van der Waals surface area contributed by atoms with Crippen molar-refractivity contribution in [3.05, 3.63) is 88.9 Å². The number of carbonyl (C=O) groups excluding carboxylic acids is 2. The first-order valence-corrected chi connectivity index (χ1v) is 10.9. The molecule has 0 saturated carbocycles. The van der Waals surface area contributed by atoms with E-state index < -0.39 is 23.6 Å². The monoisotopic (exact) mass is 481 g/mol. The fourth-order valence-electron chi connectivity index (χ4n) is 3.47. The highest BCUT2D eigenvalue weighted by molar-refractivity contribution is 6.32. The number of ether oxygens (including phenoxy) is 2. The summed E-state index contributed by atoms with van der Waals surface area (Å²) in [5.74, 6) is -0.586. The number of amides is 1. The molecule has 1 amide bonds. The molecule has 3 aromatic carbocycles. The molecule has 1 N–H and O–H groups in total. The number of rotatable bonds is 8. The predicted molar refractivity (Wildman–Crippen MR) is 127 cm³/mol. The molecule has 4 rings (SSSR count). The van der Waals surface area contributed by atoms with E-state index in [0.29, 0.717) is 28.9 Å². The number of ketones is 1. The number of para-hydroxylation sites is 1. The van der Waals surface area contributed by atoms with Gasteiger partial charge in [-0.05, 0) is 61.0 Å². The quantitative estimate of drug-likeness (QED) is 0.300. The average Bonchev–Trinajstić information content (AvgIpc) is 3.21. The maximum Gasteiger partial charge on any atom is 0.265 e. The van der Waals surface area contributed by atoms with Gasteiger partial charge < -0.3 is 19.2 Å². The second-order valence-corrected chi connectivity index (χ2v) is 7.85. The molecule has 0 radical (unpaired) electrons. The number of methoxy groups -OCH3 is 1. The van der Waals surface area contributed by atoms with E-state index in [0.717, 1.165) is 0 Å². The molecule has 0 spiro atoms. The maximum atomic E-state index is 13.3. The highest BCUT2D eigenvalue weighted by Crippen LogP contribution is 2.34. The van der Waals surface area contributed by atoms with Crippen LogP contribution in [0.3, 0.4) is 0 Å². The Morgan fingerprint density at radius 3 is 2.50 bits per heavy atom. The third-order valence-corrected chi connectivity index (χ3v) is 5.51. The van der Waals surface area contributed by atoms with Gasteiger partial charge in [0.15, 0.2) is 11.9 Å². The Kier molecular flexibility index (Phi) is 6.84. The molecule has 0 aliphatic heterocycles. The minimum atomic E-state index is -0.877. The summed E-state index contributed by atoms with van der Waals surface area (Å²) < 4.78 is 29.9. The van der Waals surface area contributed by atoms with Crippen molar-refractivity contribution in [3.8, 4) is 11.5 Å². The van der Waals surface area contributed by atoms with Gasteiger partial charge in [-0.15, -0.1) is 0 Å². The predicted octanol–water partition coefficient (Wildman–Crippen LogP) is 6.26. The second kappa shape index (κ2) is 9.97. The van der Waals surface area contributed by atoms with Crippen LogP contribution >= 0.6 is 11.6 Å². The van der Waals surface area contributed by atoms with Gasteiger partial charge in [0.1, 0.15) is 22.9 Å². The number of fused-ring (bicyclic) bond motifs is 1. The van der Waals surface area contributed by atoms with E-state index in [9.17, 15) is 14.0 Å². The van der Waals surface area contributed by atoms with Gasteiger partial charge in [-0.3, -0.25) is 9.59 Å². The molecule has 1 unspecified atom stereocenters. The van der Waals surface area contributed by atoms with E-state index in [-0.39, 0.29) is 22.0 Å². The zero-order valence-corrected chi connectivity index (χ0v) is 19.2. The minimum Gasteiger partial charge on any atom is -0.495 e. The topological polar surface area (TPSA) is 77.8 Å². The van der Waals surface area contributed by atoms with Crippen LogP contribution in [-0.2, 0) is 4.79 Å². The average molecular weight is 482 g/mol. The van der Waals surface area contributed by atoms with E-state index in [1.807, 2.05) is 0 Å². The minimum absolute atomic E-state index is 0.0348. The van der Waals surface area contributed by atoms with Crippen molar-refractivity contribution in [1.82, 2.24) is 0 Å². The van der Waals surface area contributed by atoms with Gasteiger partial charge in [-0.1, -0.05) is 30.7 Å². The van der Waals surface area contributed by atoms with Gasteiger partial charge in [0.05, 0.1) is 17.8 Å². The van der Waals surface area contributed by atoms with Crippen LogP contribution in [0.5, 0.6) is 11.5 Å². The van der Waals surface area contributed by atoms with E-state index in [1.54, 1.807) is 43.3 Å². The highest BCUT2D eigenvalue weighted by atomic mass is 35.5. The summed E-state index contributed by atoms with van der Waals surface area (Å²) in [6, 6.07) is 17.0. The lowest BCUT2D eigenvalue weighted by atomic mass is 10.1. The molecule has 6 nitrogen and oxygen atoms in total. The number of anilines is 1. The van der Waals surface area contributed by atoms with Crippen LogP contribution in [0.4, 0.5) is 10.1 Å². The largest absolute Gasteiger partial charge is 0.495 e. The Morgan fingerprint density at radius 2 is 1.82 bits per heavy atom. The first-order valence-electron chi connectivity index (χ1n) is 10.5. The Hall–Kier alpha value is -3.84. The van der Waals surface area contributed by atoms with Crippen LogP contribution in [-0.4, -0.2) is 24.9 Å². The number of hydrogen-bond acceptors (Lipinski definition) is 5. The van der Waals surface area contributed by atoms with Gasteiger partial charge in [0, 0.05) is 10.9 Å². The number of halogens is 2. The van der Waals surface area contributed by atoms with E-state index in [1.165, 1.54) is 37.4 Å². The van der Waals surface area contributed by atoms with Crippen molar-refractivity contribution in [3.63, 3.8) is 0 Å². The molecule has 0 aliphatic rings. The van der Waals surface area contributed by atoms with E-state index in [4.69, 9.17) is 25.5 Å². The summed E-state index contributed by atoms with van der Waals surface area (Å²) in [5, 5.41) is 3.63. The summed E-state index contributed by atoms with van der Waals surface area (Å²) in [6.45, 7) is 1.78. The SMILES string of the molecule is CCC(Oc1ccc(F)cc1)C(=O)Nc1c(C(=O)c2ccc(OC)c(Cl)c2)oc2ccccc12. The summed E-state index contributed by atoms with van der Waals surface area (Å²) in [4.78, 5) is 26.4. The van der Waals surface area contributed by atoms with Crippen molar-refractivity contribution in [2.24, 2.45) is 0 Å². The van der Waals surface area contributed by atoms with E-state index in [2.05, 4.69) is 5.32 Å². The molecule has 1 aromatic heterocycles. The molecular weight excluding hydrogens is 461 g/mol. The summed E-state index contributed by atoms with van der Waals surface area (Å²) >= 11 is 6.19. The number of hydrogen-bond donors (Lipinski definition) is 1. The van der Waals surface area contributed by atoms with Crippen LogP contribution in [0.1, 0.15) is 29.5 Å². The van der Waals surface area contributed by atoms with Gasteiger partial charge in [0.2, 0.25) is 5.78 Å². The number of carbonyl (C=O) groups is 2. The van der Waals surface area contributed by atoms with E-state index >= 15 is 0 Å². The summed E-state index contributed by atoms with van der Waals surface area (Å²) in [7, 11) is 1.48. The van der Waals surface area contributed by atoms with Crippen molar-refractivity contribution in [2.75, 3.05) is 12.4 Å². The molecule has 1 atom stereocenters. The van der Waals surface area contributed by atoms with Crippen LogP contribution in [0.2, 0.25) is 5.02 Å². The van der Waals surface area contributed by atoms with Gasteiger partial charge in [-0.25, -0.2) is 4.39 Å². The fourth-order valence-corrected chi connectivity index (χ4v) is 3.73. The lowest BCUT2D eigenvalue weighted by Gasteiger charge is -2.17.